The fraction of sp³-hybridized carbons (Fsp3) is 0.231. The SMILES string of the molecule is CN(C)c1ccc(Cc2nc(C=O)cs2)cc1. The van der Waals surface area contributed by atoms with Crippen LogP contribution in [0.25, 0.3) is 0 Å². The third-order valence-corrected chi connectivity index (χ3v) is 3.37. The molecule has 2 aromatic rings. The van der Waals surface area contributed by atoms with Crippen LogP contribution in [0, 0.1) is 0 Å². The molecule has 1 heterocycles. The van der Waals surface area contributed by atoms with Crippen molar-refractivity contribution >= 4 is 23.3 Å². The Hall–Kier alpha value is -1.68. The highest BCUT2D eigenvalue weighted by molar-refractivity contribution is 7.09. The number of carbonyl (C=O) groups excluding carboxylic acids is 1. The van der Waals surface area contributed by atoms with Gasteiger partial charge in [-0.2, -0.15) is 0 Å². The highest BCUT2D eigenvalue weighted by Gasteiger charge is 2.03. The average molecular weight is 246 g/mol. The van der Waals surface area contributed by atoms with E-state index in [-0.39, 0.29) is 0 Å². The van der Waals surface area contributed by atoms with Crippen molar-refractivity contribution in [1.29, 1.82) is 0 Å². The molecule has 1 aromatic heterocycles. The summed E-state index contributed by atoms with van der Waals surface area (Å²) in [5.41, 5.74) is 2.92. The van der Waals surface area contributed by atoms with Crippen LogP contribution in [0.5, 0.6) is 0 Å². The largest absolute Gasteiger partial charge is 0.378 e. The Morgan fingerprint density at radius 2 is 2.00 bits per heavy atom. The third-order valence-electron chi connectivity index (χ3n) is 2.50. The summed E-state index contributed by atoms with van der Waals surface area (Å²) in [7, 11) is 4.04. The normalized spacial score (nSPS) is 10.2. The Morgan fingerprint density at radius 1 is 1.29 bits per heavy atom. The molecule has 17 heavy (non-hydrogen) atoms. The molecule has 0 unspecified atom stereocenters. The summed E-state index contributed by atoms with van der Waals surface area (Å²) in [5.74, 6) is 0. The summed E-state index contributed by atoms with van der Waals surface area (Å²) in [5, 5.41) is 2.76. The summed E-state index contributed by atoms with van der Waals surface area (Å²) < 4.78 is 0. The molecule has 0 bridgehead atoms. The zero-order valence-corrected chi connectivity index (χ0v) is 10.7. The Kier molecular flexibility index (Phi) is 3.54. The van der Waals surface area contributed by atoms with Crippen LogP contribution in [0.15, 0.2) is 29.6 Å². The number of aldehydes is 1. The minimum absolute atomic E-state index is 0.523. The van der Waals surface area contributed by atoms with Crippen LogP contribution in [0.2, 0.25) is 0 Å². The number of hydrogen-bond donors (Lipinski definition) is 0. The molecule has 0 aliphatic rings. The van der Waals surface area contributed by atoms with Gasteiger partial charge in [0, 0.05) is 31.6 Å². The van der Waals surface area contributed by atoms with Gasteiger partial charge in [0.2, 0.25) is 0 Å². The molecule has 0 aliphatic heterocycles. The zero-order chi connectivity index (χ0) is 12.3. The van der Waals surface area contributed by atoms with Gasteiger partial charge in [0.1, 0.15) is 5.69 Å². The van der Waals surface area contributed by atoms with Gasteiger partial charge in [-0.25, -0.2) is 4.98 Å². The third kappa shape index (κ3) is 2.91. The van der Waals surface area contributed by atoms with Crippen molar-refractivity contribution in [3.05, 3.63) is 45.9 Å². The zero-order valence-electron chi connectivity index (χ0n) is 9.88. The predicted octanol–water partition coefficient (Wildman–Crippen LogP) is 2.61. The lowest BCUT2D eigenvalue weighted by Gasteiger charge is -2.12. The molecule has 0 radical (unpaired) electrons. The molecule has 0 aliphatic carbocycles. The van der Waals surface area contributed by atoms with Crippen molar-refractivity contribution in [2.75, 3.05) is 19.0 Å². The van der Waals surface area contributed by atoms with Gasteiger partial charge >= 0.3 is 0 Å². The maximum atomic E-state index is 10.5. The highest BCUT2D eigenvalue weighted by atomic mass is 32.1. The van der Waals surface area contributed by atoms with Gasteiger partial charge in [0.25, 0.3) is 0 Å². The van der Waals surface area contributed by atoms with E-state index in [0.29, 0.717) is 5.69 Å². The van der Waals surface area contributed by atoms with Crippen molar-refractivity contribution in [3.63, 3.8) is 0 Å². The molecule has 88 valence electrons. The first-order valence-corrected chi connectivity index (χ1v) is 6.23. The summed E-state index contributed by atoms with van der Waals surface area (Å²) in [4.78, 5) is 16.8. The summed E-state index contributed by atoms with van der Waals surface area (Å²) in [6.45, 7) is 0. The van der Waals surface area contributed by atoms with Gasteiger partial charge in [-0.15, -0.1) is 11.3 Å². The van der Waals surface area contributed by atoms with Gasteiger partial charge in [-0.1, -0.05) is 12.1 Å². The summed E-state index contributed by atoms with van der Waals surface area (Å²) >= 11 is 1.53. The molecule has 1 aromatic carbocycles. The van der Waals surface area contributed by atoms with Gasteiger partial charge in [-0.3, -0.25) is 4.79 Å². The predicted molar refractivity (Wildman–Crippen MR) is 71.1 cm³/mol. The minimum Gasteiger partial charge on any atom is -0.378 e. The topological polar surface area (TPSA) is 33.2 Å². The van der Waals surface area contributed by atoms with Crippen molar-refractivity contribution in [1.82, 2.24) is 4.98 Å². The maximum Gasteiger partial charge on any atom is 0.169 e. The van der Waals surface area contributed by atoms with Gasteiger partial charge < -0.3 is 4.90 Å². The van der Waals surface area contributed by atoms with Crippen molar-refractivity contribution in [2.45, 2.75) is 6.42 Å². The standard InChI is InChI=1S/C13H14N2OS/c1-15(2)12-5-3-10(4-6-12)7-13-14-11(8-16)9-17-13/h3-6,8-9H,7H2,1-2H3. The van der Waals surface area contributed by atoms with E-state index in [0.717, 1.165) is 17.7 Å². The van der Waals surface area contributed by atoms with Crippen LogP contribution < -0.4 is 4.90 Å². The number of nitrogens with zero attached hydrogens (tertiary/aromatic N) is 2. The number of aromatic nitrogens is 1. The van der Waals surface area contributed by atoms with E-state index in [2.05, 4.69) is 34.1 Å². The molecular weight excluding hydrogens is 232 g/mol. The first-order chi connectivity index (χ1) is 8.19. The first kappa shape index (κ1) is 11.8. The molecular formula is C13H14N2OS. The molecule has 0 fully saturated rings. The van der Waals surface area contributed by atoms with Crippen LogP contribution in [-0.4, -0.2) is 25.4 Å². The Labute approximate surface area is 105 Å². The summed E-state index contributed by atoms with van der Waals surface area (Å²) in [6.07, 6.45) is 1.57. The van der Waals surface area contributed by atoms with Crippen LogP contribution in [-0.2, 0) is 6.42 Å². The smallest absolute Gasteiger partial charge is 0.169 e. The second-order valence-electron chi connectivity index (χ2n) is 4.02. The molecule has 0 atom stereocenters. The first-order valence-electron chi connectivity index (χ1n) is 5.35. The molecule has 0 saturated heterocycles. The number of carbonyl (C=O) groups is 1. The van der Waals surface area contributed by atoms with Crippen LogP contribution >= 0.6 is 11.3 Å². The monoisotopic (exact) mass is 246 g/mol. The molecule has 0 N–H and O–H groups in total. The number of hydrogen-bond acceptors (Lipinski definition) is 4. The Balaban J connectivity index is 2.10. The minimum atomic E-state index is 0.523. The Bertz CT molecular complexity index is 502. The van der Waals surface area contributed by atoms with Crippen LogP contribution in [0.1, 0.15) is 21.1 Å². The molecule has 4 heteroatoms. The number of benzene rings is 1. The average Bonchev–Trinajstić information content (AvgIpc) is 2.77. The molecule has 0 spiro atoms. The number of anilines is 1. The van der Waals surface area contributed by atoms with Gasteiger partial charge in [-0.05, 0) is 17.7 Å². The summed E-state index contributed by atoms with van der Waals surface area (Å²) in [6, 6.07) is 8.36. The highest BCUT2D eigenvalue weighted by Crippen LogP contribution is 2.17. The number of thiazole rings is 1. The molecule has 3 nitrogen and oxygen atoms in total. The quantitative estimate of drug-likeness (QED) is 0.777. The fourth-order valence-electron chi connectivity index (χ4n) is 1.55. The van der Waals surface area contributed by atoms with E-state index in [1.807, 2.05) is 14.1 Å². The lowest BCUT2D eigenvalue weighted by Crippen LogP contribution is -2.08. The lowest BCUT2D eigenvalue weighted by atomic mass is 10.1. The van der Waals surface area contributed by atoms with E-state index < -0.39 is 0 Å². The molecule has 0 saturated carbocycles. The lowest BCUT2D eigenvalue weighted by molar-refractivity contribution is 0.111. The van der Waals surface area contributed by atoms with E-state index >= 15 is 0 Å². The van der Waals surface area contributed by atoms with Crippen LogP contribution in [0.3, 0.4) is 0 Å². The van der Waals surface area contributed by atoms with Crippen LogP contribution in [0.4, 0.5) is 5.69 Å². The molecule has 0 amide bonds. The maximum absolute atomic E-state index is 10.5. The second-order valence-corrected chi connectivity index (χ2v) is 4.96. The Morgan fingerprint density at radius 3 is 2.53 bits per heavy atom. The van der Waals surface area contributed by atoms with E-state index in [1.165, 1.54) is 22.6 Å². The second kappa shape index (κ2) is 5.10. The van der Waals surface area contributed by atoms with Gasteiger partial charge in [0.15, 0.2) is 6.29 Å². The van der Waals surface area contributed by atoms with E-state index in [4.69, 9.17) is 0 Å². The van der Waals surface area contributed by atoms with Crippen molar-refractivity contribution < 1.29 is 4.79 Å². The molecule has 2 rings (SSSR count). The van der Waals surface area contributed by atoms with E-state index in [1.54, 1.807) is 5.38 Å². The van der Waals surface area contributed by atoms with E-state index in [9.17, 15) is 4.79 Å². The fourth-order valence-corrected chi connectivity index (χ4v) is 2.32. The van der Waals surface area contributed by atoms with Crippen molar-refractivity contribution in [2.24, 2.45) is 0 Å². The van der Waals surface area contributed by atoms with Crippen molar-refractivity contribution in [3.8, 4) is 0 Å². The number of rotatable bonds is 4. The van der Waals surface area contributed by atoms with Gasteiger partial charge in [0.05, 0.1) is 5.01 Å².